The fourth-order valence-corrected chi connectivity index (χ4v) is 2.03. The molecule has 2 aromatic rings. The number of alkyl halides is 2. The summed E-state index contributed by atoms with van der Waals surface area (Å²) in [6, 6.07) is 5.52. The van der Waals surface area contributed by atoms with E-state index in [2.05, 4.69) is 20.9 Å². The quantitative estimate of drug-likeness (QED) is 0.854. The van der Waals surface area contributed by atoms with Gasteiger partial charge in [-0.15, -0.1) is 0 Å². The van der Waals surface area contributed by atoms with Crippen molar-refractivity contribution in [2.45, 2.75) is 20.1 Å². The molecule has 0 saturated carbocycles. The number of aromatic nitrogens is 2. The van der Waals surface area contributed by atoms with Gasteiger partial charge in [0.2, 0.25) is 0 Å². The van der Waals surface area contributed by atoms with E-state index >= 15 is 0 Å². The second-order valence-electron chi connectivity index (χ2n) is 3.73. The van der Waals surface area contributed by atoms with Gasteiger partial charge in [-0.25, -0.2) is 4.98 Å². The van der Waals surface area contributed by atoms with Gasteiger partial charge >= 0.3 is 6.55 Å². The summed E-state index contributed by atoms with van der Waals surface area (Å²) in [5.41, 5.74) is 0.930. The molecule has 0 unspecified atom stereocenters. The number of rotatable bonds is 4. The van der Waals surface area contributed by atoms with Crippen LogP contribution in [-0.2, 0) is 6.61 Å². The number of hydrogen-bond donors (Lipinski definition) is 0. The molecule has 0 aliphatic carbocycles. The SMILES string of the molecule is Cc1cc(Br)ccc1OCc1nccn1C(F)F. The average molecular weight is 317 g/mol. The lowest BCUT2D eigenvalue weighted by Crippen LogP contribution is -2.07. The summed E-state index contributed by atoms with van der Waals surface area (Å²) >= 11 is 3.35. The van der Waals surface area contributed by atoms with Gasteiger partial charge in [0.1, 0.15) is 12.4 Å². The zero-order valence-corrected chi connectivity index (χ0v) is 11.2. The Hall–Kier alpha value is -1.43. The number of benzene rings is 1. The molecule has 0 aliphatic rings. The second-order valence-corrected chi connectivity index (χ2v) is 4.64. The molecule has 0 radical (unpaired) electrons. The van der Waals surface area contributed by atoms with Gasteiger partial charge in [0.15, 0.2) is 5.82 Å². The smallest absolute Gasteiger partial charge is 0.320 e. The number of halogens is 3. The second kappa shape index (κ2) is 5.48. The van der Waals surface area contributed by atoms with Gasteiger partial charge in [-0.1, -0.05) is 15.9 Å². The first-order chi connectivity index (χ1) is 8.58. The van der Waals surface area contributed by atoms with Gasteiger partial charge in [-0.3, -0.25) is 4.57 Å². The third-order valence-electron chi connectivity index (χ3n) is 2.45. The molecule has 18 heavy (non-hydrogen) atoms. The number of hydrogen-bond acceptors (Lipinski definition) is 2. The molecule has 1 heterocycles. The summed E-state index contributed by atoms with van der Waals surface area (Å²) in [4.78, 5) is 3.85. The molecule has 0 atom stereocenters. The first-order valence-corrected chi connectivity index (χ1v) is 6.06. The van der Waals surface area contributed by atoms with E-state index in [4.69, 9.17) is 4.74 Å². The largest absolute Gasteiger partial charge is 0.485 e. The zero-order valence-electron chi connectivity index (χ0n) is 9.61. The maximum atomic E-state index is 12.6. The van der Waals surface area contributed by atoms with E-state index in [9.17, 15) is 8.78 Å². The van der Waals surface area contributed by atoms with E-state index in [1.54, 1.807) is 6.07 Å². The summed E-state index contributed by atoms with van der Waals surface area (Å²) in [6.07, 6.45) is 2.57. The Balaban J connectivity index is 2.09. The Morgan fingerprint density at radius 1 is 1.44 bits per heavy atom. The van der Waals surface area contributed by atoms with Crippen LogP contribution >= 0.6 is 15.9 Å². The lowest BCUT2D eigenvalue weighted by molar-refractivity contribution is 0.0632. The van der Waals surface area contributed by atoms with Crippen molar-refractivity contribution in [2.24, 2.45) is 0 Å². The highest BCUT2D eigenvalue weighted by Gasteiger charge is 2.12. The topological polar surface area (TPSA) is 27.1 Å². The van der Waals surface area contributed by atoms with E-state index in [1.165, 1.54) is 12.4 Å². The molecule has 3 nitrogen and oxygen atoms in total. The standard InChI is InChI=1S/C12H11BrF2N2O/c1-8-6-9(13)2-3-10(8)18-7-11-16-4-5-17(11)12(14)15/h2-6,12H,7H2,1H3. The molecule has 0 spiro atoms. The Kier molecular flexibility index (Phi) is 3.96. The van der Waals surface area contributed by atoms with Crippen molar-refractivity contribution in [2.75, 3.05) is 0 Å². The van der Waals surface area contributed by atoms with Crippen LogP contribution in [-0.4, -0.2) is 9.55 Å². The molecule has 0 bridgehead atoms. The van der Waals surface area contributed by atoms with Gasteiger partial charge in [0, 0.05) is 16.9 Å². The first-order valence-electron chi connectivity index (χ1n) is 5.26. The van der Waals surface area contributed by atoms with E-state index in [-0.39, 0.29) is 12.4 Å². The molecule has 0 aliphatic heterocycles. The lowest BCUT2D eigenvalue weighted by Gasteiger charge is -2.10. The maximum Gasteiger partial charge on any atom is 0.320 e. The van der Waals surface area contributed by atoms with Crippen LogP contribution in [0.25, 0.3) is 0 Å². The third-order valence-corrected chi connectivity index (χ3v) is 2.95. The van der Waals surface area contributed by atoms with Crippen LogP contribution < -0.4 is 4.74 Å². The third kappa shape index (κ3) is 2.87. The van der Waals surface area contributed by atoms with E-state index in [1.807, 2.05) is 19.1 Å². The fraction of sp³-hybridized carbons (Fsp3) is 0.250. The highest BCUT2D eigenvalue weighted by atomic mass is 79.9. The van der Waals surface area contributed by atoms with Gasteiger partial charge in [0.05, 0.1) is 0 Å². The minimum Gasteiger partial charge on any atom is -0.485 e. The van der Waals surface area contributed by atoms with Crippen LogP contribution in [0.4, 0.5) is 8.78 Å². The molecular formula is C12H11BrF2N2O. The Morgan fingerprint density at radius 2 is 2.22 bits per heavy atom. The van der Waals surface area contributed by atoms with Crippen molar-refractivity contribution < 1.29 is 13.5 Å². The molecule has 2 rings (SSSR count). The van der Waals surface area contributed by atoms with E-state index < -0.39 is 6.55 Å². The van der Waals surface area contributed by atoms with E-state index in [0.29, 0.717) is 5.75 Å². The normalized spacial score (nSPS) is 10.9. The van der Waals surface area contributed by atoms with Crippen molar-refractivity contribution in [1.82, 2.24) is 9.55 Å². The summed E-state index contributed by atoms with van der Waals surface area (Å²) in [5, 5.41) is 0. The number of ether oxygens (including phenoxy) is 1. The number of nitrogens with zero attached hydrogens (tertiary/aromatic N) is 2. The van der Waals surface area contributed by atoms with Gasteiger partial charge in [-0.05, 0) is 30.7 Å². The predicted octanol–water partition coefficient (Wildman–Crippen LogP) is 3.93. The summed E-state index contributed by atoms with van der Waals surface area (Å²) < 4.78 is 32.4. The van der Waals surface area contributed by atoms with Crippen LogP contribution in [0, 0.1) is 6.92 Å². The highest BCUT2D eigenvalue weighted by Crippen LogP contribution is 2.23. The average Bonchev–Trinajstić information content (AvgIpc) is 2.76. The molecular weight excluding hydrogens is 306 g/mol. The molecule has 0 saturated heterocycles. The van der Waals surface area contributed by atoms with Crippen molar-refractivity contribution in [1.29, 1.82) is 0 Å². The highest BCUT2D eigenvalue weighted by molar-refractivity contribution is 9.10. The molecule has 96 valence electrons. The fourth-order valence-electron chi connectivity index (χ4n) is 1.55. The van der Waals surface area contributed by atoms with E-state index in [0.717, 1.165) is 14.6 Å². The van der Waals surface area contributed by atoms with Crippen molar-refractivity contribution in [3.05, 3.63) is 46.5 Å². The monoisotopic (exact) mass is 316 g/mol. The van der Waals surface area contributed by atoms with Crippen molar-refractivity contribution in [3.63, 3.8) is 0 Å². The lowest BCUT2D eigenvalue weighted by atomic mass is 10.2. The van der Waals surface area contributed by atoms with Gasteiger partial charge in [0.25, 0.3) is 0 Å². The molecule has 6 heteroatoms. The van der Waals surface area contributed by atoms with Gasteiger partial charge in [-0.2, -0.15) is 8.78 Å². The molecule has 0 N–H and O–H groups in total. The molecule has 0 amide bonds. The summed E-state index contributed by atoms with van der Waals surface area (Å²) in [7, 11) is 0. The van der Waals surface area contributed by atoms with Gasteiger partial charge < -0.3 is 4.74 Å². The molecule has 0 fully saturated rings. The van der Waals surface area contributed by atoms with Crippen LogP contribution in [0.2, 0.25) is 0 Å². The van der Waals surface area contributed by atoms with Crippen LogP contribution in [0.15, 0.2) is 35.1 Å². The molecule has 1 aromatic carbocycles. The minimum absolute atomic E-state index is 0.0137. The Bertz CT molecular complexity index is 543. The summed E-state index contributed by atoms with van der Waals surface area (Å²) in [6.45, 7) is -0.698. The number of imidazole rings is 1. The Labute approximate surface area is 112 Å². The Morgan fingerprint density at radius 3 is 2.89 bits per heavy atom. The van der Waals surface area contributed by atoms with Crippen LogP contribution in [0.1, 0.15) is 17.9 Å². The zero-order chi connectivity index (χ0) is 13.1. The number of aryl methyl sites for hydroxylation is 1. The molecule has 1 aromatic heterocycles. The first kappa shape index (κ1) is 13.0. The van der Waals surface area contributed by atoms with Crippen LogP contribution in [0.3, 0.4) is 0 Å². The predicted molar refractivity (Wildman–Crippen MR) is 66.7 cm³/mol. The van der Waals surface area contributed by atoms with Crippen molar-refractivity contribution in [3.8, 4) is 5.75 Å². The summed E-state index contributed by atoms with van der Waals surface area (Å²) in [5.74, 6) is 0.856. The van der Waals surface area contributed by atoms with Crippen LogP contribution in [0.5, 0.6) is 5.75 Å². The minimum atomic E-state index is -2.60. The van der Waals surface area contributed by atoms with Crippen molar-refractivity contribution >= 4 is 15.9 Å². The maximum absolute atomic E-state index is 12.6.